The number of hydrogen-bond acceptors (Lipinski definition) is 5. The van der Waals surface area contributed by atoms with Gasteiger partial charge in [-0.1, -0.05) is 48.5 Å². The third kappa shape index (κ3) is 5.61. The molecule has 3 aromatic rings. The van der Waals surface area contributed by atoms with Crippen molar-refractivity contribution in [3.05, 3.63) is 66.0 Å². The number of piperidine rings is 1. The van der Waals surface area contributed by atoms with Gasteiger partial charge in [-0.25, -0.2) is 0 Å². The Kier molecular flexibility index (Phi) is 7.57. The number of hydrogen-bond donors (Lipinski definition) is 1. The lowest BCUT2D eigenvalue weighted by molar-refractivity contribution is -0.137. The SMILES string of the molecule is CC(c1nnc(SCC(=O)Nc2ccccc2C(F)(F)F)n1-c1ccccc1)N1CCCCC1. The van der Waals surface area contributed by atoms with E-state index in [1.807, 2.05) is 34.9 Å². The van der Waals surface area contributed by atoms with Gasteiger partial charge in [0.25, 0.3) is 0 Å². The third-order valence-corrected chi connectivity index (χ3v) is 6.75. The van der Waals surface area contributed by atoms with Crippen molar-refractivity contribution in [2.24, 2.45) is 0 Å². The molecule has 0 saturated carbocycles. The van der Waals surface area contributed by atoms with Crippen LogP contribution < -0.4 is 5.32 Å². The number of aromatic nitrogens is 3. The molecule has 6 nitrogen and oxygen atoms in total. The van der Waals surface area contributed by atoms with Gasteiger partial charge in [0, 0.05) is 5.69 Å². The van der Waals surface area contributed by atoms with Gasteiger partial charge in [0.15, 0.2) is 11.0 Å². The van der Waals surface area contributed by atoms with Crippen molar-refractivity contribution >= 4 is 23.4 Å². The standard InChI is InChI=1S/C24H26F3N5OS/c1-17(31-14-8-3-9-15-31)22-29-30-23(32(22)18-10-4-2-5-11-18)34-16-21(33)28-20-13-7-6-12-19(20)24(25,26)27/h2,4-7,10-13,17H,3,8-9,14-16H2,1H3,(H,28,33). The highest BCUT2D eigenvalue weighted by molar-refractivity contribution is 7.99. The first-order valence-electron chi connectivity index (χ1n) is 11.2. The quantitative estimate of drug-likeness (QED) is 0.440. The van der Waals surface area contributed by atoms with Gasteiger partial charge in [-0.2, -0.15) is 13.2 Å². The molecule has 2 heterocycles. The molecule has 1 atom stereocenters. The molecule has 1 unspecified atom stereocenters. The lowest BCUT2D eigenvalue weighted by Gasteiger charge is -2.31. The highest BCUT2D eigenvalue weighted by Crippen LogP contribution is 2.35. The zero-order chi connectivity index (χ0) is 24.1. The maximum absolute atomic E-state index is 13.2. The molecule has 34 heavy (non-hydrogen) atoms. The van der Waals surface area contributed by atoms with Crippen molar-refractivity contribution in [3.63, 3.8) is 0 Å². The van der Waals surface area contributed by atoms with Gasteiger partial charge in [0.05, 0.1) is 23.0 Å². The van der Waals surface area contributed by atoms with Gasteiger partial charge >= 0.3 is 6.18 Å². The monoisotopic (exact) mass is 489 g/mol. The van der Waals surface area contributed by atoms with E-state index in [2.05, 4.69) is 27.3 Å². The first kappa shape index (κ1) is 24.3. The number of amides is 1. The molecule has 180 valence electrons. The molecule has 1 fully saturated rings. The van der Waals surface area contributed by atoms with Crippen LogP contribution in [0.15, 0.2) is 59.8 Å². The van der Waals surface area contributed by atoms with Gasteiger partial charge in [-0.15, -0.1) is 10.2 Å². The second kappa shape index (κ2) is 10.6. The number of likely N-dealkylation sites (tertiary alicyclic amines) is 1. The zero-order valence-corrected chi connectivity index (χ0v) is 19.6. The van der Waals surface area contributed by atoms with E-state index in [-0.39, 0.29) is 17.5 Å². The molecule has 1 N–H and O–H groups in total. The van der Waals surface area contributed by atoms with Crippen molar-refractivity contribution in [3.8, 4) is 5.69 Å². The summed E-state index contributed by atoms with van der Waals surface area (Å²) in [6.45, 7) is 4.09. The zero-order valence-electron chi connectivity index (χ0n) is 18.8. The average molecular weight is 490 g/mol. The van der Waals surface area contributed by atoms with Crippen molar-refractivity contribution in [2.45, 2.75) is 43.6 Å². The molecule has 1 aliphatic rings. The summed E-state index contributed by atoms with van der Waals surface area (Å²) in [5.41, 5.74) is -0.264. The van der Waals surface area contributed by atoms with Crippen molar-refractivity contribution in [2.75, 3.05) is 24.2 Å². The molecule has 0 spiro atoms. The molecule has 1 aromatic heterocycles. The number of halogens is 3. The summed E-state index contributed by atoms with van der Waals surface area (Å²) in [6, 6.07) is 14.6. The van der Waals surface area contributed by atoms with Gasteiger partial charge < -0.3 is 5.32 Å². The first-order chi connectivity index (χ1) is 16.3. The summed E-state index contributed by atoms with van der Waals surface area (Å²) in [6.07, 6.45) is -1.04. The molecule has 2 aromatic carbocycles. The third-order valence-electron chi connectivity index (χ3n) is 5.82. The number of benzene rings is 2. The Morgan fingerprint density at radius 2 is 1.71 bits per heavy atom. The Labute approximate surface area is 200 Å². The Balaban J connectivity index is 1.53. The Bertz CT molecular complexity index is 1110. The number of rotatable bonds is 7. The number of nitrogens with one attached hydrogen (secondary N) is 1. The summed E-state index contributed by atoms with van der Waals surface area (Å²) >= 11 is 1.15. The fourth-order valence-corrected chi connectivity index (χ4v) is 4.85. The summed E-state index contributed by atoms with van der Waals surface area (Å²) in [4.78, 5) is 14.9. The summed E-state index contributed by atoms with van der Waals surface area (Å²) in [5, 5.41) is 11.7. The van der Waals surface area contributed by atoms with E-state index in [0.717, 1.165) is 55.3 Å². The lowest BCUT2D eigenvalue weighted by Crippen LogP contribution is -2.33. The van der Waals surface area contributed by atoms with E-state index in [9.17, 15) is 18.0 Å². The van der Waals surface area contributed by atoms with Crippen molar-refractivity contribution in [1.82, 2.24) is 19.7 Å². The van der Waals surface area contributed by atoms with Crippen LogP contribution in [0.1, 0.15) is 43.6 Å². The average Bonchev–Trinajstić information content (AvgIpc) is 3.27. The van der Waals surface area contributed by atoms with Crippen LogP contribution in [-0.4, -0.2) is 44.4 Å². The Morgan fingerprint density at radius 3 is 2.41 bits per heavy atom. The van der Waals surface area contributed by atoms with Crippen LogP contribution in [-0.2, 0) is 11.0 Å². The fourth-order valence-electron chi connectivity index (χ4n) is 4.09. The molecule has 10 heteroatoms. The molecule has 1 aliphatic heterocycles. The highest BCUT2D eigenvalue weighted by Gasteiger charge is 2.33. The first-order valence-corrected chi connectivity index (χ1v) is 12.2. The predicted molar refractivity (Wildman–Crippen MR) is 126 cm³/mol. The van der Waals surface area contributed by atoms with E-state index >= 15 is 0 Å². The summed E-state index contributed by atoms with van der Waals surface area (Å²) in [5.74, 6) is 0.128. The summed E-state index contributed by atoms with van der Waals surface area (Å²) in [7, 11) is 0. The molecule has 4 rings (SSSR count). The minimum atomic E-state index is -4.55. The largest absolute Gasteiger partial charge is 0.418 e. The highest BCUT2D eigenvalue weighted by atomic mass is 32.2. The topological polar surface area (TPSA) is 63.1 Å². The molecule has 0 aliphatic carbocycles. The van der Waals surface area contributed by atoms with E-state index < -0.39 is 17.6 Å². The van der Waals surface area contributed by atoms with Crippen LogP contribution in [0, 0.1) is 0 Å². The van der Waals surface area contributed by atoms with Crippen LogP contribution in [0.4, 0.5) is 18.9 Å². The lowest BCUT2D eigenvalue weighted by atomic mass is 10.1. The second-order valence-corrected chi connectivity index (χ2v) is 9.11. The van der Waals surface area contributed by atoms with E-state index in [4.69, 9.17) is 0 Å². The van der Waals surface area contributed by atoms with Crippen LogP contribution in [0.25, 0.3) is 5.69 Å². The molecule has 0 bridgehead atoms. The summed E-state index contributed by atoms with van der Waals surface area (Å²) < 4.78 is 41.7. The van der Waals surface area contributed by atoms with E-state index in [1.165, 1.54) is 24.6 Å². The fraction of sp³-hybridized carbons (Fsp3) is 0.375. The van der Waals surface area contributed by atoms with E-state index in [0.29, 0.717) is 5.16 Å². The van der Waals surface area contributed by atoms with Crippen LogP contribution in [0.5, 0.6) is 0 Å². The van der Waals surface area contributed by atoms with Crippen LogP contribution >= 0.6 is 11.8 Å². The van der Waals surface area contributed by atoms with Gasteiger partial charge in [0.2, 0.25) is 5.91 Å². The number of alkyl halides is 3. The van der Waals surface area contributed by atoms with Crippen LogP contribution in [0.3, 0.4) is 0 Å². The predicted octanol–water partition coefficient (Wildman–Crippen LogP) is 5.56. The minimum absolute atomic E-state index is 0.0369. The minimum Gasteiger partial charge on any atom is -0.325 e. The van der Waals surface area contributed by atoms with Gasteiger partial charge in [0.1, 0.15) is 0 Å². The van der Waals surface area contributed by atoms with E-state index in [1.54, 1.807) is 0 Å². The maximum atomic E-state index is 13.2. The smallest absolute Gasteiger partial charge is 0.325 e. The number of carbonyl (C=O) groups excluding carboxylic acids is 1. The van der Waals surface area contributed by atoms with Crippen molar-refractivity contribution in [1.29, 1.82) is 0 Å². The molecular formula is C24H26F3N5OS. The van der Waals surface area contributed by atoms with Crippen molar-refractivity contribution < 1.29 is 18.0 Å². The molecular weight excluding hydrogens is 463 g/mol. The second-order valence-electron chi connectivity index (χ2n) is 8.16. The number of thioether (sulfide) groups is 1. The molecule has 0 radical (unpaired) electrons. The normalized spacial score (nSPS) is 15.8. The maximum Gasteiger partial charge on any atom is 0.418 e. The number of carbonyl (C=O) groups is 1. The number of para-hydroxylation sites is 2. The van der Waals surface area contributed by atoms with Gasteiger partial charge in [-0.05, 0) is 57.1 Å². The van der Waals surface area contributed by atoms with Crippen LogP contribution in [0.2, 0.25) is 0 Å². The number of nitrogens with zero attached hydrogens (tertiary/aromatic N) is 4. The van der Waals surface area contributed by atoms with Gasteiger partial charge in [-0.3, -0.25) is 14.3 Å². The molecule has 1 saturated heterocycles. The molecule has 1 amide bonds. The Morgan fingerprint density at radius 1 is 1.03 bits per heavy atom. The number of anilines is 1. The Hall–Kier alpha value is -2.85.